The molecule has 1 rings (SSSR count). The van der Waals surface area contributed by atoms with Crippen molar-refractivity contribution >= 4 is 12.4 Å². The summed E-state index contributed by atoms with van der Waals surface area (Å²) >= 11 is 0. The highest BCUT2D eigenvalue weighted by Gasteiger charge is 2.31. The summed E-state index contributed by atoms with van der Waals surface area (Å²) in [4.78, 5) is 2.27. The van der Waals surface area contributed by atoms with Crippen LogP contribution in [0.1, 0.15) is 33.1 Å². The molecule has 0 radical (unpaired) electrons. The molecule has 12 heavy (non-hydrogen) atoms. The van der Waals surface area contributed by atoms with Crippen molar-refractivity contribution in [2.75, 3.05) is 13.6 Å². The van der Waals surface area contributed by atoms with Crippen molar-refractivity contribution in [3.8, 4) is 0 Å². The standard InChI is InChI=1S/C9H19NO.ClH/c1-9(2,11)8-6-4-5-7-10(8)3;/h8,11H,4-7H2,1-3H3;1H. The predicted molar refractivity (Wildman–Crippen MR) is 53.8 cm³/mol. The van der Waals surface area contributed by atoms with Gasteiger partial charge in [0.2, 0.25) is 0 Å². The number of nitrogens with zero attached hydrogens (tertiary/aromatic N) is 1. The van der Waals surface area contributed by atoms with E-state index >= 15 is 0 Å². The number of hydrogen-bond acceptors (Lipinski definition) is 2. The van der Waals surface area contributed by atoms with Crippen LogP contribution in [0, 0.1) is 0 Å². The molecule has 1 saturated heterocycles. The zero-order valence-electron chi connectivity index (χ0n) is 8.21. The summed E-state index contributed by atoms with van der Waals surface area (Å²) in [6.45, 7) is 4.94. The highest BCUT2D eigenvalue weighted by molar-refractivity contribution is 5.85. The van der Waals surface area contributed by atoms with Crippen LogP contribution in [-0.4, -0.2) is 35.2 Å². The molecule has 1 heterocycles. The molecule has 1 atom stereocenters. The Morgan fingerprint density at radius 1 is 1.33 bits per heavy atom. The minimum Gasteiger partial charge on any atom is -0.389 e. The third kappa shape index (κ3) is 2.92. The first-order valence-electron chi connectivity index (χ1n) is 4.44. The van der Waals surface area contributed by atoms with Gasteiger partial charge >= 0.3 is 0 Å². The first-order chi connectivity index (χ1) is 5.02. The van der Waals surface area contributed by atoms with Crippen molar-refractivity contribution in [1.29, 1.82) is 0 Å². The molecule has 0 amide bonds. The molecule has 1 aliphatic heterocycles. The van der Waals surface area contributed by atoms with Crippen LogP contribution in [0.25, 0.3) is 0 Å². The van der Waals surface area contributed by atoms with Crippen LogP contribution >= 0.6 is 12.4 Å². The molecule has 0 spiro atoms. The molecule has 1 N–H and O–H groups in total. The summed E-state index contributed by atoms with van der Waals surface area (Å²) in [5.41, 5.74) is -0.533. The Balaban J connectivity index is 0.00000121. The number of halogens is 1. The highest BCUT2D eigenvalue weighted by atomic mass is 35.5. The monoisotopic (exact) mass is 193 g/mol. The molecule has 0 aromatic heterocycles. The molecule has 3 heteroatoms. The van der Waals surface area contributed by atoms with E-state index in [0.29, 0.717) is 6.04 Å². The molecule has 1 fully saturated rings. The van der Waals surface area contributed by atoms with Crippen LogP contribution in [-0.2, 0) is 0 Å². The van der Waals surface area contributed by atoms with Gasteiger partial charge in [-0.2, -0.15) is 0 Å². The van der Waals surface area contributed by atoms with E-state index in [1.807, 2.05) is 13.8 Å². The zero-order chi connectivity index (χ0) is 8.48. The Morgan fingerprint density at radius 2 is 1.92 bits per heavy atom. The molecular weight excluding hydrogens is 174 g/mol. The average Bonchev–Trinajstić information content (AvgIpc) is 1.86. The molecule has 1 aliphatic rings. The van der Waals surface area contributed by atoms with Crippen LogP contribution in [0.4, 0.5) is 0 Å². The lowest BCUT2D eigenvalue weighted by molar-refractivity contribution is -0.0259. The SMILES string of the molecule is CN1CCCCC1C(C)(C)O.Cl. The fourth-order valence-electron chi connectivity index (χ4n) is 1.97. The van der Waals surface area contributed by atoms with Gasteiger partial charge in [-0.05, 0) is 40.3 Å². The Labute approximate surface area is 81.4 Å². The van der Waals surface area contributed by atoms with E-state index in [0.717, 1.165) is 13.0 Å². The van der Waals surface area contributed by atoms with Crippen molar-refractivity contribution in [3.05, 3.63) is 0 Å². The summed E-state index contributed by atoms with van der Waals surface area (Å²) in [7, 11) is 2.10. The van der Waals surface area contributed by atoms with Gasteiger partial charge in [0.25, 0.3) is 0 Å². The molecular formula is C9H20ClNO. The van der Waals surface area contributed by atoms with E-state index in [4.69, 9.17) is 0 Å². The van der Waals surface area contributed by atoms with Crippen LogP contribution in [0.5, 0.6) is 0 Å². The Kier molecular flexibility index (Phi) is 4.53. The zero-order valence-corrected chi connectivity index (χ0v) is 9.02. The summed E-state index contributed by atoms with van der Waals surface area (Å²) in [5.74, 6) is 0. The van der Waals surface area contributed by atoms with Gasteiger partial charge in [0.05, 0.1) is 5.60 Å². The maximum absolute atomic E-state index is 9.77. The lowest BCUT2D eigenvalue weighted by atomic mass is 9.90. The summed E-state index contributed by atoms with van der Waals surface area (Å²) < 4.78 is 0. The first kappa shape index (κ1) is 12.2. The minimum absolute atomic E-state index is 0. The van der Waals surface area contributed by atoms with Crippen molar-refractivity contribution in [2.45, 2.75) is 44.8 Å². The fourth-order valence-corrected chi connectivity index (χ4v) is 1.97. The number of hydrogen-bond donors (Lipinski definition) is 1. The average molecular weight is 194 g/mol. The van der Waals surface area contributed by atoms with Crippen LogP contribution in [0.15, 0.2) is 0 Å². The number of rotatable bonds is 1. The van der Waals surface area contributed by atoms with Crippen molar-refractivity contribution in [3.63, 3.8) is 0 Å². The van der Waals surface area contributed by atoms with E-state index in [1.54, 1.807) is 0 Å². The Hall–Kier alpha value is 0.210. The van der Waals surface area contributed by atoms with Gasteiger partial charge in [-0.25, -0.2) is 0 Å². The Morgan fingerprint density at radius 3 is 2.25 bits per heavy atom. The van der Waals surface area contributed by atoms with E-state index in [2.05, 4.69) is 11.9 Å². The van der Waals surface area contributed by atoms with E-state index in [-0.39, 0.29) is 12.4 Å². The van der Waals surface area contributed by atoms with E-state index in [1.165, 1.54) is 12.8 Å². The summed E-state index contributed by atoms with van der Waals surface area (Å²) in [5, 5.41) is 9.77. The molecule has 1 unspecified atom stereocenters. The van der Waals surface area contributed by atoms with Gasteiger partial charge in [0.15, 0.2) is 0 Å². The molecule has 0 saturated carbocycles. The van der Waals surface area contributed by atoms with Gasteiger partial charge in [0.1, 0.15) is 0 Å². The van der Waals surface area contributed by atoms with Gasteiger partial charge in [-0.1, -0.05) is 6.42 Å². The molecule has 0 aromatic rings. The van der Waals surface area contributed by atoms with E-state index in [9.17, 15) is 5.11 Å². The van der Waals surface area contributed by atoms with Gasteiger partial charge in [0, 0.05) is 6.04 Å². The lowest BCUT2D eigenvalue weighted by Crippen LogP contribution is -2.49. The molecule has 0 bridgehead atoms. The molecule has 0 aliphatic carbocycles. The lowest BCUT2D eigenvalue weighted by Gasteiger charge is -2.40. The number of aliphatic hydroxyl groups is 1. The third-order valence-electron chi connectivity index (χ3n) is 2.59. The second-order valence-electron chi connectivity index (χ2n) is 4.15. The minimum atomic E-state index is -0.533. The smallest absolute Gasteiger partial charge is 0.0746 e. The van der Waals surface area contributed by atoms with Gasteiger partial charge in [-0.3, -0.25) is 0 Å². The number of piperidine rings is 1. The third-order valence-corrected chi connectivity index (χ3v) is 2.59. The van der Waals surface area contributed by atoms with Crippen molar-refractivity contribution < 1.29 is 5.11 Å². The quantitative estimate of drug-likeness (QED) is 0.685. The topological polar surface area (TPSA) is 23.5 Å². The van der Waals surface area contributed by atoms with Crippen LogP contribution in [0.3, 0.4) is 0 Å². The van der Waals surface area contributed by atoms with Crippen LogP contribution < -0.4 is 0 Å². The maximum atomic E-state index is 9.77. The maximum Gasteiger partial charge on any atom is 0.0746 e. The molecule has 0 aromatic carbocycles. The fraction of sp³-hybridized carbons (Fsp3) is 1.00. The number of likely N-dealkylation sites (tertiary alicyclic amines) is 1. The predicted octanol–water partition coefficient (Wildman–Crippen LogP) is 1.66. The normalized spacial score (nSPS) is 26.5. The molecule has 2 nitrogen and oxygen atoms in total. The summed E-state index contributed by atoms with van der Waals surface area (Å²) in [6.07, 6.45) is 3.68. The first-order valence-corrected chi connectivity index (χ1v) is 4.44. The van der Waals surface area contributed by atoms with Crippen molar-refractivity contribution in [1.82, 2.24) is 4.90 Å². The number of likely N-dealkylation sites (N-methyl/N-ethyl adjacent to an activating group) is 1. The van der Waals surface area contributed by atoms with E-state index < -0.39 is 5.60 Å². The van der Waals surface area contributed by atoms with Crippen molar-refractivity contribution in [2.24, 2.45) is 0 Å². The second kappa shape index (κ2) is 4.45. The van der Waals surface area contributed by atoms with Gasteiger partial charge < -0.3 is 10.0 Å². The second-order valence-corrected chi connectivity index (χ2v) is 4.15. The molecule has 74 valence electrons. The largest absolute Gasteiger partial charge is 0.389 e. The Bertz CT molecular complexity index is 133. The van der Waals surface area contributed by atoms with Crippen LogP contribution in [0.2, 0.25) is 0 Å². The summed E-state index contributed by atoms with van der Waals surface area (Å²) in [6, 6.07) is 0.358. The highest BCUT2D eigenvalue weighted by Crippen LogP contribution is 2.24. The van der Waals surface area contributed by atoms with Gasteiger partial charge in [-0.15, -0.1) is 12.4 Å².